The van der Waals surface area contributed by atoms with Crippen LogP contribution in [0.1, 0.15) is 48.3 Å². The lowest BCUT2D eigenvalue weighted by atomic mass is 9.74. The van der Waals surface area contributed by atoms with Crippen LogP contribution >= 0.6 is 0 Å². The molecule has 0 N–H and O–H groups in total. The molecule has 0 spiro atoms. The number of hydrogen-bond acceptors (Lipinski definition) is 5. The SMILES string of the molecule is CC(c1ccncc1)C(c1ccnnc1)C(C)c1ccnnc1. The van der Waals surface area contributed by atoms with Gasteiger partial charge in [0, 0.05) is 24.8 Å². The van der Waals surface area contributed by atoms with Crippen molar-refractivity contribution in [3.8, 4) is 0 Å². The molecule has 3 unspecified atom stereocenters. The molecular weight excluding hydrogens is 286 g/mol. The highest BCUT2D eigenvalue weighted by atomic mass is 15.1. The van der Waals surface area contributed by atoms with Crippen molar-refractivity contribution in [1.29, 1.82) is 0 Å². The molecule has 3 aromatic heterocycles. The molecule has 5 nitrogen and oxygen atoms in total. The zero-order valence-corrected chi connectivity index (χ0v) is 13.2. The first kappa shape index (κ1) is 15.2. The lowest BCUT2D eigenvalue weighted by Gasteiger charge is -2.30. The summed E-state index contributed by atoms with van der Waals surface area (Å²) >= 11 is 0. The maximum atomic E-state index is 4.12. The van der Waals surface area contributed by atoms with Crippen molar-refractivity contribution in [3.63, 3.8) is 0 Å². The summed E-state index contributed by atoms with van der Waals surface area (Å²) in [7, 11) is 0. The second-order valence-corrected chi connectivity index (χ2v) is 5.74. The van der Waals surface area contributed by atoms with Crippen molar-refractivity contribution >= 4 is 0 Å². The Balaban J connectivity index is 2.01. The predicted octanol–water partition coefficient (Wildman–Crippen LogP) is 3.35. The molecule has 0 aliphatic carbocycles. The quantitative estimate of drug-likeness (QED) is 0.723. The van der Waals surface area contributed by atoms with Crippen molar-refractivity contribution in [2.75, 3.05) is 0 Å². The smallest absolute Gasteiger partial charge is 0.0531 e. The number of pyridine rings is 1. The fourth-order valence-electron chi connectivity index (χ4n) is 3.16. The minimum atomic E-state index is 0.261. The Morgan fingerprint density at radius 3 is 1.70 bits per heavy atom. The zero-order valence-electron chi connectivity index (χ0n) is 13.2. The molecular formula is C18H19N5. The number of aromatic nitrogens is 5. The van der Waals surface area contributed by atoms with Crippen LogP contribution in [0.3, 0.4) is 0 Å². The van der Waals surface area contributed by atoms with E-state index in [1.807, 2.05) is 36.9 Å². The molecule has 0 bridgehead atoms. The fraction of sp³-hybridized carbons (Fsp3) is 0.278. The summed E-state index contributed by atoms with van der Waals surface area (Å²) in [5.41, 5.74) is 3.60. The molecule has 0 aromatic carbocycles. The highest BCUT2D eigenvalue weighted by molar-refractivity contribution is 5.29. The zero-order chi connectivity index (χ0) is 16.1. The van der Waals surface area contributed by atoms with E-state index < -0.39 is 0 Å². The van der Waals surface area contributed by atoms with Crippen molar-refractivity contribution in [2.45, 2.75) is 31.6 Å². The summed E-state index contributed by atoms with van der Waals surface area (Å²) in [5.74, 6) is 0.848. The van der Waals surface area contributed by atoms with Gasteiger partial charge in [0.25, 0.3) is 0 Å². The molecule has 23 heavy (non-hydrogen) atoms. The average molecular weight is 305 g/mol. The van der Waals surface area contributed by atoms with Crippen LogP contribution in [0.15, 0.2) is 61.4 Å². The highest BCUT2D eigenvalue weighted by Crippen LogP contribution is 2.42. The van der Waals surface area contributed by atoms with Gasteiger partial charge in [-0.3, -0.25) is 4.98 Å². The topological polar surface area (TPSA) is 64.5 Å². The van der Waals surface area contributed by atoms with Gasteiger partial charge in [-0.05, 0) is 58.7 Å². The predicted molar refractivity (Wildman–Crippen MR) is 87.9 cm³/mol. The van der Waals surface area contributed by atoms with E-state index in [1.54, 1.807) is 12.4 Å². The van der Waals surface area contributed by atoms with Crippen LogP contribution < -0.4 is 0 Å². The molecule has 0 aliphatic heterocycles. The van der Waals surface area contributed by atoms with E-state index in [-0.39, 0.29) is 11.8 Å². The van der Waals surface area contributed by atoms with E-state index in [9.17, 15) is 0 Å². The van der Waals surface area contributed by atoms with Gasteiger partial charge in [0.1, 0.15) is 0 Å². The average Bonchev–Trinajstić information content (AvgIpc) is 2.64. The molecule has 5 heteroatoms. The molecule has 0 saturated carbocycles. The van der Waals surface area contributed by atoms with Gasteiger partial charge in [0.05, 0.1) is 12.4 Å². The molecule has 3 rings (SSSR count). The Morgan fingerprint density at radius 1 is 0.609 bits per heavy atom. The maximum Gasteiger partial charge on any atom is 0.0531 e. The minimum Gasteiger partial charge on any atom is -0.265 e. The van der Waals surface area contributed by atoms with Gasteiger partial charge < -0.3 is 0 Å². The normalized spacial score (nSPS) is 14.9. The summed E-state index contributed by atoms with van der Waals surface area (Å²) in [5, 5.41) is 15.9. The summed E-state index contributed by atoms with van der Waals surface area (Å²) in [6, 6.07) is 8.21. The van der Waals surface area contributed by atoms with E-state index in [0.717, 1.165) is 0 Å². The van der Waals surface area contributed by atoms with Crippen molar-refractivity contribution in [2.24, 2.45) is 0 Å². The van der Waals surface area contributed by atoms with Gasteiger partial charge in [-0.25, -0.2) is 0 Å². The first-order chi connectivity index (χ1) is 11.3. The maximum absolute atomic E-state index is 4.12. The third-order valence-corrected chi connectivity index (χ3v) is 4.43. The summed E-state index contributed by atoms with van der Waals surface area (Å²) in [6.07, 6.45) is 10.9. The molecule has 0 amide bonds. The first-order valence-electron chi connectivity index (χ1n) is 7.70. The summed E-state index contributed by atoms with van der Waals surface area (Å²) in [6.45, 7) is 4.46. The van der Waals surface area contributed by atoms with Gasteiger partial charge in [0.2, 0.25) is 0 Å². The second kappa shape index (κ2) is 7.05. The lowest BCUT2D eigenvalue weighted by Crippen LogP contribution is -2.16. The van der Waals surface area contributed by atoms with Crippen LogP contribution in [0.4, 0.5) is 0 Å². The number of rotatable bonds is 5. The monoisotopic (exact) mass is 305 g/mol. The van der Waals surface area contributed by atoms with Crippen LogP contribution in [0.25, 0.3) is 0 Å². The Bertz CT molecular complexity index is 673. The third-order valence-electron chi connectivity index (χ3n) is 4.43. The van der Waals surface area contributed by atoms with Crippen LogP contribution in [0.2, 0.25) is 0 Å². The highest BCUT2D eigenvalue weighted by Gasteiger charge is 2.28. The van der Waals surface area contributed by atoms with Gasteiger partial charge in [-0.1, -0.05) is 13.8 Å². The standard InChI is InChI=1S/C18H19N5/c1-13(15-3-7-19-8-4-15)18(17-6-10-21-23-12-17)14(2)16-5-9-20-22-11-16/h3-14,18H,1-2H3. The Morgan fingerprint density at radius 2 is 1.13 bits per heavy atom. The van der Waals surface area contributed by atoms with Crippen LogP contribution in [0.5, 0.6) is 0 Å². The molecule has 0 fully saturated rings. The lowest BCUT2D eigenvalue weighted by molar-refractivity contribution is 0.493. The summed E-state index contributed by atoms with van der Waals surface area (Å²) < 4.78 is 0. The molecule has 0 radical (unpaired) electrons. The van der Waals surface area contributed by atoms with E-state index >= 15 is 0 Å². The van der Waals surface area contributed by atoms with Crippen LogP contribution in [-0.2, 0) is 0 Å². The largest absolute Gasteiger partial charge is 0.265 e. The van der Waals surface area contributed by atoms with Crippen molar-refractivity contribution in [3.05, 3.63) is 78.1 Å². The Hall–Kier alpha value is -2.69. The fourth-order valence-corrected chi connectivity index (χ4v) is 3.16. The van der Waals surface area contributed by atoms with Crippen LogP contribution in [0, 0.1) is 0 Å². The summed E-state index contributed by atoms with van der Waals surface area (Å²) in [4.78, 5) is 4.12. The van der Waals surface area contributed by atoms with Crippen LogP contribution in [-0.4, -0.2) is 25.4 Å². The molecule has 3 heterocycles. The third kappa shape index (κ3) is 3.39. The van der Waals surface area contributed by atoms with E-state index in [2.05, 4.69) is 51.4 Å². The molecule has 116 valence electrons. The van der Waals surface area contributed by atoms with E-state index in [0.29, 0.717) is 5.92 Å². The van der Waals surface area contributed by atoms with Gasteiger partial charge >= 0.3 is 0 Å². The Kier molecular flexibility index (Phi) is 4.66. The van der Waals surface area contributed by atoms with E-state index in [4.69, 9.17) is 0 Å². The van der Waals surface area contributed by atoms with Crippen molar-refractivity contribution in [1.82, 2.24) is 25.4 Å². The van der Waals surface area contributed by atoms with Crippen molar-refractivity contribution < 1.29 is 0 Å². The van der Waals surface area contributed by atoms with Gasteiger partial charge in [-0.15, -0.1) is 0 Å². The number of hydrogen-bond donors (Lipinski definition) is 0. The first-order valence-corrected chi connectivity index (χ1v) is 7.70. The molecule has 3 aromatic rings. The molecule has 3 atom stereocenters. The number of nitrogens with zero attached hydrogens (tertiary/aromatic N) is 5. The minimum absolute atomic E-state index is 0.261. The molecule has 0 aliphatic rings. The van der Waals surface area contributed by atoms with Gasteiger partial charge in [-0.2, -0.15) is 20.4 Å². The molecule has 0 saturated heterocycles. The van der Waals surface area contributed by atoms with Gasteiger partial charge in [0.15, 0.2) is 0 Å². The van der Waals surface area contributed by atoms with E-state index in [1.165, 1.54) is 16.7 Å². The Labute approximate surface area is 135 Å². The second-order valence-electron chi connectivity index (χ2n) is 5.74.